The molecule has 0 amide bonds. The summed E-state index contributed by atoms with van der Waals surface area (Å²) < 4.78 is 0. The van der Waals surface area contributed by atoms with Crippen molar-refractivity contribution >= 4 is 68.3 Å². The summed E-state index contributed by atoms with van der Waals surface area (Å²) in [4.78, 5) is 0. The Morgan fingerprint density at radius 1 is 0.375 bits per heavy atom. The van der Waals surface area contributed by atoms with Gasteiger partial charge in [0.2, 0.25) is 0 Å². The smallest absolute Gasteiger partial charge is 2.00 e. The summed E-state index contributed by atoms with van der Waals surface area (Å²) in [5.41, 5.74) is 0. The molecule has 32 valence electrons. The van der Waals surface area contributed by atoms with Crippen LogP contribution in [-0.2, 0) is 93.6 Å². The predicted molar refractivity (Wildman–Crippen MR) is 23.0 cm³/mol. The summed E-state index contributed by atoms with van der Waals surface area (Å²) in [7, 11) is 0. The van der Waals surface area contributed by atoms with Gasteiger partial charge in [0.05, 0.1) is 0 Å². The molecule has 0 saturated heterocycles. The van der Waals surface area contributed by atoms with Gasteiger partial charge in [-0.15, -0.1) is 0 Å². The second-order valence-electron chi connectivity index (χ2n) is 0. The van der Waals surface area contributed by atoms with Crippen LogP contribution in [0, 0.1) is 0 Å². The largest absolute Gasteiger partial charge is 2.00 e. The van der Waals surface area contributed by atoms with E-state index in [4.69, 9.17) is 0 Å². The third-order valence-corrected chi connectivity index (χ3v) is 0. The molecule has 0 unspecified atom stereocenters. The van der Waals surface area contributed by atoms with E-state index in [2.05, 4.69) is 0 Å². The van der Waals surface area contributed by atoms with Crippen LogP contribution < -0.4 is 0 Å². The van der Waals surface area contributed by atoms with Crippen LogP contribution in [0.5, 0.6) is 0 Å². The van der Waals surface area contributed by atoms with Crippen molar-refractivity contribution in [2.45, 2.75) is 0 Å². The molecule has 0 saturated carbocycles. The molecule has 0 aromatic rings. The Hall–Kier alpha value is 5.17. The molecule has 8 heteroatoms. The van der Waals surface area contributed by atoms with Crippen LogP contribution in [0.4, 0.5) is 0 Å². The Morgan fingerprint density at radius 3 is 0.375 bits per heavy atom. The summed E-state index contributed by atoms with van der Waals surface area (Å²) >= 11 is 0. The van der Waals surface area contributed by atoms with Crippen molar-refractivity contribution in [3.05, 3.63) is 0 Å². The number of rotatable bonds is 0. The van der Waals surface area contributed by atoms with Gasteiger partial charge in [0, 0.05) is 0 Å². The molecule has 0 rings (SSSR count). The summed E-state index contributed by atoms with van der Waals surface area (Å²) in [5.74, 6) is 0. The SMILES string of the molecule is [Cd+2].[Cd+2].[Se-2].[Se-2].[Se-2].[Se-2].[Zn+2].[Zn+2]. The fourth-order valence-electron chi connectivity index (χ4n) is 0. The molecule has 0 aliphatic carbocycles. The minimum absolute atomic E-state index is 0. The normalized spacial score (nSPS) is 0. The first-order valence-electron chi connectivity index (χ1n) is 0. The van der Waals surface area contributed by atoms with Crippen LogP contribution in [0.2, 0.25) is 0 Å². The van der Waals surface area contributed by atoms with E-state index in [1.165, 1.54) is 0 Å². The van der Waals surface area contributed by atoms with E-state index >= 15 is 0 Å². The van der Waals surface area contributed by atoms with Crippen LogP contribution in [0.25, 0.3) is 0 Å². The topological polar surface area (TPSA) is 0 Å². The monoisotopic (exact) mass is 675 g/mol. The first kappa shape index (κ1) is 73.0. The maximum atomic E-state index is 0. The van der Waals surface area contributed by atoms with Gasteiger partial charge in [-0.25, -0.2) is 0 Å². The summed E-state index contributed by atoms with van der Waals surface area (Å²) in [6.45, 7) is 0. The second-order valence-corrected chi connectivity index (χ2v) is 0. The molecule has 0 atom stereocenters. The standard InChI is InChI=1S/2Cd.4Se.2Zn/q2*+2;4*-2;2*+2. The number of hydrogen-bond donors (Lipinski definition) is 0. The minimum atomic E-state index is 0. The van der Waals surface area contributed by atoms with Gasteiger partial charge in [-0.2, -0.15) is 0 Å². The predicted octanol–water partition coefficient (Wildman–Crippen LogP) is -1.53. The Bertz CT molecular complexity index is 12.0. The van der Waals surface area contributed by atoms with Gasteiger partial charge in [-0.05, 0) is 0 Å². The molecule has 0 aliphatic heterocycles. The van der Waals surface area contributed by atoms with E-state index in [0.717, 1.165) is 0 Å². The van der Waals surface area contributed by atoms with Crippen LogP contribution in [-0.4, -0.2) is 68.3 Å². The molecular formula is Cd2Se4Zn2. The molecular weight excluding hydrogens is 671 g/mol. The van der Waals surface area contributed by atoms with Crippen molar-refractivity contribution in [1.29, 1.82) is 0 Å². The maximum Gasteiger partial charge on any atom is 2.00 e. The van der Waals surface area contributed by atoms with Crippen LogP contribution in [0.3, 0.4) is 0 Å². The third kappa shape index (κ3) is 43.2. The molecule has 0 aromatic heterocycles. The fourth-order valence-corrected chi connectivity index (χ4v) is 0. The maximum absolute atomic E-state index is 0. The van der Waals surface area contributed by atoms with E-state index in [0.29, 0.717) is 0 Å². The summed E-state index contributed by atoms with van der Waals surface area (Å²) in [5, 5.41) is 0. The average molecular weight is 671 g/mol. The van der Waals surface area contributed by atoms with E-state index in [9.17, 15) is 0 Å². The van der Waals surface area contributed by atoms with Crippen molar-refractivity contribution in [3.8, 4) is 0 Å². The molecule has 0 radical (unpaired) electrons. The molecule has 8 heavy (non-hydrogen) atoms. The van der Waals surface area contributed by atoms with Crippen molar-refractivity contribution in [3.63, 3.8) is 0 Å². The second kappa shape index (κ2) is 56.8. The van der Waals surface area contributed by atoms with Crippen molar-refractivity contribution < 1.29 is 93.6 Å². The van der Waals surface area contributed by atoms with E-state index in [1.54, 1.807) is 0 Å². The third-order valence-electron chi connectivity index (χ3n) is 0. The molecule has 0 N–H and O–H groups in total. The van der Waals surface area contributed by atoms with Gasteiger partial charge in [0.15, 0.2) is 0 Å². The minimum Gasteiger partial charge on any atom is -2.00 e. The van der Waals surface area contributed by atoms with Crippen LogP contribution in [0.1, 0.15) is 0 Å². The van der Waals surface area contributed by atoms with Gasteiger partial charge >= 0.3 is 93.6 Å². The number of hydrogen-bond acceptors (Lipinski definition) is 0. The quantitative estimate of drug-likeness (QED) is 0.275. The Labute approximate surface area is 158 Å². The van der Waals surface area contributed by atoms with E-state index in [1.807, 2.05) is 0 Å². The van der Waals surface area contributed by atoms with Gasteiger partial charge in [0.25, 0.3) is 0 Å². The van der Waals surface area contributed by atoms with Crippen LogP contribution in [0.15, 0.2) is 0 Å². The van der Waals surface area contributed by atoms with E-state index < -0.39 is 0 Å². The van der Waals surface area contributed by atoms with Crippen LogP contribution >= 0.6 is 0 Å². The molecule has 0 spiro atoms. The van der Waals surface area contributed by atoms with Gasteiger partial charge in [-0.3, -0.25) is 0 Å². The van der Waals surface area contributed by atoms with Crippen molar-refractivity contribution in [2.75, 3.05) is 0 Å². The van der Waals surface area contributed by atoms with E-state index in [-0.39, 0.29) is 162 Å². The molecule has 0 heterocycles. The van der Waals surface area contributed by atoms with Crippen molar-refractivity contribution in [1.82, 2.24) is 0 Å². The molecule has 0 aliphatic rings. The Balaban J connectivity index is 0. The summed E-state index contributed by atoms with van der Waals surface area (Å²) in [6, 6.07) is 0. The Morgan fingerprint density at radius 2 is 0.375 bits per heavy atom. The van der Waals surface area contributed by atoms with Crippen molar-refractivity contribution in [2.24, 2.45) is 0 Å². The first-order valence-corrected chi connectivity index (χ1v) is 0. The zero-order chi connectivity index (χ0) is 0. The molecule has 0 bridgehead atoms. The molecule has 0 aromatic carbocycles. The zero-order valence-corrected chi connectivity index (χ0v) is 25.3. The molecule has 0 nitrogen and oxygen atoms in total. The average Bonchev–Trinajstić information content (AvgIpc) is 0. The van der Waals surface area contributed by atoms with Gasteiger partial charge < -0.3 is 68.3 Å². The fraction of sp³-hybridized carbons (Fsp3) is 0. The first-order chi connectivity index (χ1) is 0. The van der Waals surface area contributed by atoms with Gasteiger partial charge in [0.1, 0.15) is 0 Å². The van der Waals surface area contributed by atoms with Gasteiger partial charge in [-0.1, -0.05) is 0 Å². The zero-order valence-electron chi connectivity index (χ0n) is 4.46. The Kier molecular flexibility index (Phi) is 518. The summed E-state index contributed by atoms with van der Waals surface area (Å²) in [6.07, 6.45) is 0. The molecule has 0 fully saturated rings.